The zero-order valence-electron chi connectivity index (χ0n) is 19.7. The first-order valence-electron chi connectivity index (χ1n) is 10.7. The number of nitrogens with zero attached hydrogens (tertiary/aromatic N) is 4. The molecule has 2 N–H and O–H groups in total. The summed E-state index contributed by atoms with van der Waals surface area (Å²) in [5.74, 6) is 5.13. The minimum absolute atomic E-state index is 0.0403. The number of hydrogen-bond donors (Lipinski definition) is 2. The Kier molecular flexibility index (Phi) is 9.01. The maximum absolute atomic E-state index is 13.3. The molecule has 2 amide bonds. The maximum Gasteiger partial charge on any atom is 0.259 e. The lowest BCUT2D eigenvalue weighted by Crippen LogP contribution is -2.51. The average molecular weight is 447 g/mol. The Labute approximate surface area is 190 Å². The lowest BCUT2D eigenvalue weighted by molar-refractivity contribution is -0.132. The van der Waals surface area contributed by atoms with E-state index in [0.29, 0.717) is 18.7 Å². The second kappa shape index (κ2) is 11.3. The Morgan fingerprint density at radius 1 is 1.38 bits per heavy atom. The second-order valence-electron chi connectivity index (χ2n) is 8.66. The van der Waals surface area contributed by atoms with Gasteiger partial charge >= 0.3 is 0 Å². The molecule has 0 fully saturated rings. The number of amides is 2. The minimum Gasteiger partial charge on any atom is -0.472 e. The molecule has 176 valence electrons. The monoisotopic (exact) mass is 446 g/mol. The molecule has 0 spiro atoms. The van der Waals surface area contributed by atoms with Crippen LogP contribution in [0.25, 0.3) is 0 Å². The highest BCUT2D eigenvalue weighted by molar-refractivity contribution is 5.97. The van der Waals surface area contributed by atoms with E-state index in [1.807, 2.05) is 21.0 Å². The maximum atomic E-state index is 13.3. The third kappa shape index (κ3) is 6.66. The average Bonchev–Trinajstić information content (AvgIpc) is 2.73. The molecule has 0 saturated carbocycles. The number of carbonyl (C=O) groups is 2. The smallest absolute Gasteiger partial charge is 0.259 e. The van der Waals surface area contributed by atoms with E-state index in [4.69, 9.17) is 4.74 Å². The number of likely N-dealkylation sites (N-methyl/N-ethyl adjacent to an activating group) is 2. The highest BCUT2D eigenvalue weighted by Crippen LogP contribution is 2.27. The number of carbonyl (C=O) groups excluding carboxylic acids is 2. The van der Waals surface area contributed by atoms with Crippen LogP contribution in [-0.2, 0) is 4.79 Å². The molecule has 0 saturated heterocycles. The van der Waals surface area contributed by atoms with Gasteiger partial charge in [-0.1, -0.05) is 18.8 Å². The predicted octanol–water partition coefficient (Wildman–Crippen LogP) is 0.0540. The summed E-state index contributed by atoms with van der Waals surface area (Å²) in [6.07, 6.45) is 0.273. The number of ether oxygens (including phenoxy) is 1. The molecule has 0 bridgehead atoms. The van der Waals surface area contributed by atoms with Gasteiger partial charge in [-0.15, -0.1) is 0 Å². The fourth-order valence-corrected chi connectivity index (χ4v) is 3.34. The minimum atomic E-state index is -0.810. The summed E-state index contributed by atoms with van der Waals surface area (Å²) in [5, 5.41) is 19.1. The predicted molar refractivity (Wildman–Crippen MR) is 120 cm³/mol. The molecular formula is C23H34N4O5. The quantitative estimate of drug-likeness (QED) is 0.595. The van der Waals surface area contributed by atoms with Gasteiger partial charge in [0.1, 0.15) is 17.8 Å². The van der Waals surface area contributed by atoms with Crippen LogP contribution in [0.5, 0.6) is 5.88 Å². The van der Waals surface area contributed by atoms with E-state index < -0.39 is 18.2 Å². The van der Waals surface area contributed by atoms with E-state index in [1.165, 1.54) is 6.20 Å². The van der Waals surface area contributed by atoms with E-state index in [-0.39, 0.29) is 42.3 Å². The van der Waals surface area contributed by atoms with Crippen molar-refractivity contribution in [3.05, 3.63) is 23.4 Å². The molecule has 0 aromatic carbocycles. The largest absolute Gasteiger partial charge is 0.472 e. The zero-order chi connectivity index (χ0) is 24.0. The molecule has 0 unspecified atom stereocenters. The van der Waals surface area contributed by atoms with Crippen molar-refractivity contribution in [2.24, 2.45) is 5.92 Å². The van der Waals surface area contributed by atoms with Crippen molar-refractivity contribution in [3.63, 3.8) is 0 Å². The summed E-state index contributed by atoms with van der Waals surface area (Å²) in [6, 6.07) is 1.18. The van der Waals surface area contributed by atoms with Gasteiger partial charge in [0, 0.05) is 31.3 Å². The van der Waals surface area contributed by atoms with Crippen molar-refractivity contribution in [2.45, 2.75) is 39.0 Å². The van der Waals surface area contributed by atoms with E-state index in [9.17, 15) is 19.8 Å². The van der Waals surface area contributed by atoms with Gasteiger partial charge in [0.25, 0.3) is 5.91 Å². The summed E-state index contributed by atoms with van der Waals surface area (Å²) in [4.78, 5) is 35.1. The molecule has 9 heteroatoms. The van der Waals surface area contributed by atoms with Crippen LogP contribution in [0.1, 0.15) is 36.7 Å². The lowest BCUT2D eigenvalue weighted by Gasteiger charge is -2.37. The van der Waals surface area contributed by atoms with Crippen LogP contribution in [0, 0.1) is 17.8 Å². The van der Waals surface area contributed by atoms with Crippen LogP contribution in [0.2, 0.25) is 0 Å². The van der Waals surface area contributed by atoms with Gasteiger partial charge in [0.05, 0.1) is 25.7 Å². The van der Waals surface area contributed by atoms with Crippen molar-refractivity contribution < 1.29 is 24.5 Å². The van der Waals surface area contributed by atoms with Crippen LogP contribution in [0.4, 0.5) is 0 Å². The Balaban J connectivity index is 2.42. The van der Waals surface area contributed by atoms with Crippen molar-refractivity contribution in [1.82, 2.24) is 19.7 Å². The van der Waals surface area contributed by atoms with Crippen molar-refractivity contribution in [2.75, 3.05) is 47.4 Å². The van der Waals surface area contributed by atoms with Crippen molar-refractivity contribution >= 4 is 11.8 Å². The van der Waals surface area contributed by atoms with Crippen LogP contribution >= 0.6 is 0 Å². The van der Waals surface area contributed by atoms with Gasteiger partial charge in [0.2, 0.25) is 11.8 Å². The standard InChI is InChI=1S/C23H34N4O5/c1-15-11-27(16(2)14-28)23(31)19-9-18(8-7-17(3)29)10-24-22(19)32-20(15)12-26(6)21(30)13-25(4)5/h9-10,15-17,20,28-29H,11-14H2,1-6H3/t15-,16+,17-,20-/m1/s1. The fourth-order valence-electron chi connectivity index (χ4n) is 3.34. The Morgan fingerprint density at radius 3 is 2.66 bits per heavy atom. The summed E-state index contributed by atoms with van der Waals surface area (Å²) in [6.45, 7) is 6.05. The van der Waals surface area contributed by atoms with Crippen LogP contribution in [0.3, 0.4) is 0 Å². The normalized spacial score (nSPS) is 20.3. The van der Waals surface area contributed by atoms with Crippen molar-refractivity contribution in [1.29, 1.82) is 0 Å². The molecule has 32 heavy (non-hydrogen) atoms. The van der Waals surface area contributed by atoms with E-state index in [1.54, 1.807) is 41.7 Å². The third-order valence-corrected chi connectivity index (χ3v) is 5.28. The molecule has 1 aromatic rings. The molecule has 4 atom stereocenters. The number of hydrogen-bond acceptors (Lipinski definition) is 7. The van der Waals surface area contributed by atoms with Gasteiger partial charge in [-0.05, 0) is 34.0 Å². The molecule has 2 rings (SSSR count). The summed E-state index contributed by atoms with van der Waals surface area (Å²) < 4.78 is 6.16. The molecular weight excluding hydrogens is 412 g/mol. The van der Waals surface area contributed by atoms with Crippen LogP contribution < -0.4 is 4.74 Å². The topological polar surface area (TPSA) is 106 Å². The molecule has 1 aromatic heterocycles. The molecule has 9 nitrogen and oxygen atoms in total. The van der Waals surface area contributed by atoms with Gasteiger partial charge in [0.15, 0.2) is 0 Å². The zero-order valence-corrected chi connectivity index (χ0v) is 19.7. The summed E-state index contributed by atoms with van der Waals surface area (Å²) in [7, 11) is 5.39. The molecule has 1 aliphatic rings. The highest BCUT2D eigenvalue weighted by atomic mass is 16.5. The molecule has 0 radical (unpaired) electrons. The molecule has 2 heterocycles. The molecule has 1 aliphatic heterocycles. The third-order valence-electron chi connectivity index (χ3n) is 5.28. The molecule has 0 aliphatic carbocycles. The van der Waals surface area contributed by atoms with Gasteiger partial charge in [-0.3, -0.25) is 9.59 Å². The number of aromatic nitrogens is 1. The Morgan fingerprint density at radius 2 is 2.06 bits per heavy atom. The number of aliphatic hydroxyl groups is 2. The summed E-state index contributed by atoms with van der Waals surface area (Å²) >= 11 is 0. The number of rotatable bonds is 6. The number of fused-ring (bicyclic) bond motifs is 1. The van der Waals surface area contributed by atoms with Gasteiger partial charge in [-0.25, -0.2) is 4.98 Å². The van der Waals surface area contributed by atoms with Crippen molar-refractivity contribution in [3.8, 4) is 17.7 Å². The SMILES string of the molecule is C[C@@H]1CN([C@@H](C)CO)C(=O)c2cc(C#C[C@@H](C)O)cnc2O[C@@H]1CN(C)C(=O)CN(C)C. The first kappa shape index (κ1) is 25.6. The summed E-state index contributed by atoms with van der Waals surface area (Å²) in [5.41, 5.74) is 0.712. The van der Waals surface area contributed by atoms with Gasteiger partial charge < -0.3 is 29.6 Å². The number of pyridine rings is 1. The first-order valence-corrected chi connectivity index (χ1v) is 10.7. The van der Waals surface area contributed by atoms with E-state index in [0.717, 1.165) is 0 Å². The fraction of sp³-hybridized carbons (Fsp3) is 0.609. The number of aliphatic hydroxyl groups excluding tert-OH is 2. The van der Waals surface area contributed by atoms with E-state index >= 15 is 0 Å². The lowest BCUT2D eigenvalue weighted by atomic mass is 10.00. The van der Waals surface area contributed by atoms with Gasteiger partial charge in [-0.2, -0.15) is 0 Å². The van der Waals surface area contributed by atoms with Crippen LogP contribution in [-0.4, -0.2) is 107 Å². The second-order valence-corrected chi connectivity index (χ2v) is 8.66. The van der Waals surface area contributed by atoms with E-state index in [2.05, 4.69) is 16.8 Å². The first-order chi connectivity index (χ1) is 15.0. The highest BCUT2D eigenvalue weighted by Gasteiger charge is 2.34. The Hall–Kier alpha value is -2.67. The van der Waals surface area contributed by atoms with Crippen LogP contribution in [0.15, 0.2) is 12.3 Å². The Bertz CT molecular complexity index is 877.